The van der Waals surface area contributed by atoms with Gasteiger partial charge in [0.1, 0.15) is 5.75 Å². The average Bonchev–Trinajstić information content (AvgIpc) is 2.64. The van der Waals surface area contributed by atoms with Gasteiger partial charge < -0.3 is 14.2 Å². The molecule has 0 aliphatic carbocycles. The standard InChI is InChI=1S/C9H12N2O3/c1-12-7-3-9-8(13-5-14-9)2-6(7)4-11-10/h2-3,11H,4-5,10H2,1H3. The molecule has 1 heterocycles. The Morgan fingerprint density at radius 1 is 1.43 bits per heavy atom. The highest BCUT2D eigenvalue weighted by Gasteiger charge is 2.17. The molecular weight excluding hydrogens is 184 g/mol. The highest BCUT2D eigenvalue weighted by atomic mass is 16.7. The maximum atomic E-state index is 5.25. The normalized spacial score (nSPS) is 13.0. The fourth-order valence-corrected chi connectivity index (χ4v) is 1.40. The van der Waals surface area contributed by atoms with Gasteiger partial charge in [-0.25, -0.2) is 0 Å². The molecule has 0 bridgehead atoms. The summed E-state index contributed by atoms with van der Waals surface area (Å²) in [5, 5.41) is 0. The first-order valence-corrected chi connectivity index (χ1v) is 4.25. The Morgan fingerprint density at radius 2 is 2.14 bits per heavy atom. The number of nitrogens with two attached hydrogens (primary N) is 1. The molecule has 2 rings (SSSR count). The number of benzene rings is 1. The van der Waals surface area contributed by atoms with E-state index in [1.54, 1.807) is 13.2 Å². The molecular formula is C9H12N2O3. The van der Waals surface area contributed by atoms with Crippen LogP contribution in [0.15, 0.2) is 12.1 Å². The van der Waals surface area contributed by atoms with Crippen LogP contribution in [0.1, 0.15) is 5.56 Å². The summed E-state index contributed by atoms with van der Waals surface area (Å²) >= 11 is 0. The van der Waals surface area contributed by atoms with Crippen molar-refractivity contribution in [2.24, 2.45) is 5.84 Å². The summed E-state index contributed by atoms with van der Waals surface area (Å²) < 4.78 is 15.7. The van der Waals surface area contributed by atoms with Crippen LogP contribution in [-0.4, -0.2) is 13.9 Å². The molecule has 3 N–H and O–H groups in total. The molecule has 76 valence electrons. The zero-order valence-electron chi connectivity index (χ0n) is 7.87. The molecule has 5 nitrogen and oxygen atoms in total. The van der Waals surface area contributed by atoms with Crippen LogP contribution in [0.4, 0.5) is 0 Å². The molecule has 0 spiro atoms. The van der Waals surface area contributed by atoms with E-state index in [-0.39, 0.29) is 6.79 Å². The second-order valence-corrected chi connectivity index (χ2v) is 2.90. The van der Waals surface area contributed by atoms with Crippen molar-refractivity contribution in [2.45, 2.75) is 6.54 Å². The van der Waals surface area contributed by atoms with Crippen LogP contribution in [0, 0.1) is 0 Å². The lowest BCUT2D eigenvalue weighted by molar-refractivity contribution is 0.174. The molecule has 0 saturated carbocycles. The van der Waals surface area contributed by atoms with Gasteiger partial charge in [0, 0.05) is 18.2 Å². The predicted molar refractivity (Wildman–Crippen MR) is 50.1 cm³/mol. The number of methoxy groups -OCH3 is 1. The first-order chi connectivity index (χ1) is 6.85. The lowest BCUT2D eigenvalue weighted by Gasteiger charge is -2.08. The number of hydrogen-bond donors (Lipinski definition) is 2. The Kier molecular flexibility index (Phi) is 2.43. The van der Waals surface area contributed by atoms with Gasteiger partial charge >= 0.3 is 0 Å². The monoisotopic (exact) mass is 196 g/mol. The third-order valence-corrected chi connectivity index (χ3v) is 2.07. The number of hydrazine groups is 1. The molecule has 1 aromatic rings. The highest BCUT2D eigenvalue weighted by Crippen LogP contribution is 2.37. The Morgan fingerprint density at radius 3 is 2.79 bits per heavy atom. The molecule has 14 heavy (non-hydrogen) atoms. The fraction of sp³-hybridized carbons (Fsp3) is 0.333. The van der Waals surface area contributed by atoms with Gasteiger partial charge in [0.15, 0.2) is 11.5 Å². The number of nitrogens with one attached hydrogen (secondary N) is 1. The Labute approximate surface area is 81.7 Å². The van der Waals surface area contributed by atoms with Gasteiger partial charge in [-0.05, 0) is 6.07 Å². The van der Waals surface area contributed by atoms with Crippen molar-refractivity contribution >= 4 is 0 Å². The molecule has 0 unspecified atom stereocenters. The molecule has 1 aromatic carbocycles. The maximum absolute atomic E-state index is 5.25. The molecule has 5 heteroatoms. The van der Waals surface area contributed by atoms with Crippen molar-refractivity contribution in [1.29, 1.82) is 0 Å². The summed E-state index contributed by atoms with van der Waals surface area (Å²) in [6.07, 6.45) is 0. The van der Waals surface area contributed by atoms with Crippen molar-refractivity contribution in [3.8, 4) is 17.2 Å². The maximum Gasteiger partial charge on any atom is 0.231 e. The smallest absolute Gasteiger partial charge is 0.231 e. The van der Waals surface area contributed by atoms with Crippen LogP contribution >= 0.6 is 0 Å². The summed E-state index contributed by atoms with van der Waals surface area (Å²) in [7, 11) is 1.61. The quantitative estimate of drug-likeness (QED) is 0.540. The van der Waals surface area contributed by atoms with Crippen LogP contribution < -0.4 is 25.5 Å². The summed E-state index contributed by atoms with van der Waals surface area (Å²) in [5.41, 5.74) is 3.52. The average molecular weight is 196 g/mol. The van der Waals surface area contributed by atoms with Crippen molar-refractivity contribution in [3.05, 3.63) is 17.7 Å². The summed E-state index contributed by atoms with van der Waals surface area (Å²) in [4.78, 5) is 0. The van der Waals surface area contributed by atoms with Crippen LogP contribution in [0.5, 0.6) is 17.2 Å². The molecule has 0 saturated heterocycles. The number of fused-ring (bicyclic) bond motifs is 1. The fourth-order valence-electron chi connectivity index (χ4n) is 1.40. The summed E-state index contributed by atoms with van der Waals surface area (Å²) in [6, 6.07) is 3.66. The lowest BCUT2D eigenvalue weighted by Crippen LogP contribution is -2.21. The van der Waals surface area contributed by atoms with Gasteiger partial charge in [-0.2, -0.15) is 0 Å². The van der Waals surface area contributed by atoms with Crippen LogP contribution in [0.3, 0.4) is 0 Å². The SMILES string of the molecule is COc1cc2c(cc1CNN)OCO2. The van der Waals surface area contributed by atoms with Gasteiger partial charge in [0.25, 0.3) is 0 Å². The second-order valence-electron chi connectivity index (χ2n) is 2.90. The van der Waals surface area contributed by atoms with E-state index in [9.17, 15) is 0 Å². The van der Waals surface area contributed by atoms with E-state index in [2.05, 4.69) is 5.43 Å². The topological polar surface area (TPSA) is 65.7 Å². The van der Waals surface area contributed by atoms with Crippen molar-refractivity contribution in [2.75, 3.05) is 13.9 Å². The zero-order chi connectivity index (χ0) is 9.97. The van der Waals surface area contributed by atoms with E-state index in [4.69, 9.17) is 20.1 Å². The molecule has 1 aliphatic heterocycles. The molecule has 0 radical (unpaired) electrons. The van der Waals surface area contributed by atoms with Crippen molar-refractivity contribution < 1.29 is 14.2 Å². The van der Waals surface area contributed by atoms with E-state index in [0.29, 0.717) is 12.3 Å². The van der Waals surface area contributed by atoms with E-state index in [1.165, 1.54) is 0 Å². The highest BCUT2D eigenvalue weighted by molar-refractivity contribution is 5.51. The summed E-state index contributed by atoms with van der Waals surface area (Å²) in [5.74, 6) is 7.44. The largest absolute Gasteiger partial charge is 0.496 e. The van der Waals surface area contributed by atoms with Crippen LogP contribution in [0.2, 0.25) is 0 Å². The first-order valence-electron chi connectivity index (χ1n) is 4.25. The van der Waals surface area contributed by atoms with E-state index in [1.807, 2.05) is 6.07 Å². The lowest BCUT2D eigenvalue weighted by atomic mass is 10.2. The molecule has 0 atom stereocenters. The van der Waals surface area contributed by atoms with Gasteiger partial charge in [-0.1, -0.05) is 0 Å². The Bertz CT molecular complexity index is 341. The van der Waals surface area contributed by atoms with E-state index in [0.717, 1.165) is 17.1 Å². The zero-order valence-corrected chi connectivity index (χ0v) is 7.87. The van der Waals surface area contributed by atoms with Crippen molar-refractivity contribution in [3.63, 3.8) is 0 Å². The molecule has 0 amide bonds. The van der Waals surface area contributed by atoms with Gasteiger partial charge in [-0.3, -0.25) is 11.3 Å². The third kappa shape index (κ3) is 1.47. The number of hydrogen-bond acceptors (Lipinski definition) is 5. The number of rotatable bonds is 3. The van der Waals surface area contributed by atoms with Gasteiger partial charge in [0.2, 0.25) is 6.79 Å². The van der Waals surface area contributed by atoms with Crippen LogP contribution in [0.25, 0.3) is 0 Å². The third-order valence-electron chi connectivity index (χ3n) is 2.07. The predicted octanol–water partition coefficient (Wildman–Crippen LogP) is 0.387. The Hall–Kier alpha value is -1.46. The summed E-state index contributed by atoms with van der Waals surface area (Å²) in [6.45, 7) is 0.789. The van der Waals surface area contributed by atoms with E-state index < -0.39 is 0 Å². The van der Waals surface area contributed by atoms with Crippen molar-refractivity contribution in [1.82, 2.24) is 5.43 Å². The van der Waals surface area contributed by atoms with Crippen LogP contribution in [-0.2, 0) is 6.54 Å². The van der Waals surface area contributed by atoms with Gasteiger partial charge in [-0.15, -0.1) is 0 Å². The number of ether oxygens (including phenoxy) is 3. The first kappa shape index (κ1) is 9.11. The Balaban J connectivity index is 2.38. The second kappa shape index (κ2) is 3.73. The molecule has 0 aromatic heterocycles. The van der Waals surface area contributed by atoms with E-state index >= 15 is 0 Å². The molecule has 1 aliphatic rings. The van der Waals surface area contributed by atoms with Gasteiger partial charge in [0.05, 0.1) is 7.11 Å². The molecule has 0 fully saturated rings. The minimum Gasteiger partial charge on any atom is -0.496 e. The minimum atomic E-state index is 0.262. The minimum absolute atomic E-state index is 0.262.